The monoisotopic (exact) mass is 229 g/mol. The fourth-order valence-electron chi connectivity index (χ4n) is 2.32. The maximum absolute atomic E-state index is 4.68. The van der Waals surface area contributed by atoms with Gasteiger partial charge in [-0.3, -0.25) is 0 Å². The van der Waals surface area contributed by atoms with E-state index >= 15 is 0 Å². The molecule has 1 saturated carbocycles. The second-order valence-corrected chi connectivity index (χ2v) is 5.14. The van der Waals surface area contributed by atoms with Crippen molar-refractivity contribution in [1.29, 1.82) is 0 Å². The van der Waals surface area contributed by atoms with Gasteiger partial charge in [0.25, 0.3) is 0 Å². The van der Waals surface area contributed by atoms with Gasteiger partial charge in [0.2, 0.25) is 0 Å². The third kappa shape index (κ3) is 2.34. The van der Waals surface area contributed by atoms with Gasteiger partial charge in [-0.1, -0.05) is 6.07 Å². The number of nitrogens with zero attached hydrogens (tertiary/aromatic N) is 1. The predicted octanol–water partition coefficient (Wildman–Crippen LogP) is 2.47. The molecule has 0 amide bonds. The topological polar surface area (TPSA) is 40.7 Å². The van der Waals surface area contributed by atoms with Crippen molar-refractivity contribution >= 4 is 11.0 Å². The number of H-pyrrole nitrogens is 1. The molecule has 0 atom stereocenters. The summed E-state index contributed by atoms with van der Waals surface area (Å²) < 4.78 is 0. The largest absolute Gasteiger partial charge is 0.342 e. The highest BCUT2D eigenvalue weighted by Gasteiger charge is 2.19. The van der Waals surface area contributed by atoms with Crippen molar-refractivity contribution in [3.8, 4) is 0 Å². The fourth-order valence-corrected chi connectivity index (χ4v) is 2.32. The fraction of sp³-hybridized carbons (Fsp3) is 0.500. The number of aromatic amines is 1. The number of hydrogen-bond acceptors (Lipinski definition) is 2. The van der Waals surface area contributed by atoms with E-state index in [1.54, 1.807) is 0 Å². The Morgan fingerprint density at radius 1 is 1.35 bits per heavy atom. The molecule has 1 fully saturated rings. The first-order valence-electron chi connectivity index (χ1n) is 6.41. The van der Waals surface area contributed by atoms with Gasteiger partial charge in [0.15, 0.2) is 0 Å². The number of aryl methyl sites for hydroxylation is 2. The lowest BCUT2D eigenvalue weighted by Crippen LogP contribution is -2.19. The van der Waals surface area contributed by atoms with Gasteiger partial charge in [0, 0.05) is 19.0 Å². The van der Waals surface area contributed by atoms with E-state index < -0.39 is 0 Å². The Labute approximate surface area is 102 Å². The van der Waals surface area contributed by atoms with Crippen LogP contribution in [0.1, 0.15) is 29.8 Å². The quantitative estimate of drug-likeness (QED) is 0.845. The number of imidazole rings is 1. The van der Waals surface area contributed by atoms with E-state index in [0.717, 1.165) is 30.3 Å². The zero-order valence-corrected chi connectivity index (χ0v) is 10.5. The van der Waals surface area contributed by atoms with Crippen LogP contribution in [0.25, 0.3) is 11.0 Å². The first kappa shape index (κ1) is 10.8. The molecule has 1 aliphatic rings. The molecule has 0 aliphatic heterocycles. The van der Waals surface area contributed by atoms with Gasteiger partial charge in [0.05, 0.1) is 11.0 Å². The number of benzene rings is 1. The van der Waals surface area contributed by atoms with Crippen molar-refractivity contribution in [2.24, 2.45) is 0 Å². The normalized spacial score (nSPS) is 15.6. The third-order valence-corrected chi connectivity index (χ3v) is 3.34. The van der Waals surface area contributed by atoms with E-state index in [0.29, 0.717) is 0 Å². The summed E-state index contributed by atoms with van der Waals surface area (Å²) in [5.41, 5.74) is 4.85. The molecule has 1 aromatic heterocycles. The molecule has 0 saturated heterocycles. The highest BCUT2D eigenvalue weighted by Crippen LogP contribution is 2.20. The molecular formula is C14H19N3. The molecule has 1 aromatic carbocycles. The summed E-state index contributed by atoms with van der Waals surface area (Å²) in [6, 6.07) is 5.14. The summed E-state index contributed by atoms with van der Waals surface area (Å²) in [6.45, 7) is 5.28. The van der Waals surface area contributed by atoms with Gasteiger partial charge >= 0.3 is 0 Å². The summed E-state index contributed by atoms with van der Waals surface area (Å²) in [6.07, 6.45) is 3.68. The van der Waals surface area contributed by atoms with Crippen LogP contribution in [-0.4, -0.2) is 22.6 Å². The highest BCUT2D eigenvalue weighted by atomic mass is 15.0. The SMILES string of the molecule is Cc1cc(C)c2nc(CCNC3CC3)[nH]c2c1. The molecule has 3 nitrogen and oxygen atoms in total. The minimum Gasteiger partial charge on any atom is -0.342 e. The molecule has 0 spiro atoms. The van der Waals surface area contributed by atoms with Crippen LogP contribution < -0.4 is 5.32 Å². The molecule has 0 bridgehead atoms. The number of aromatic nitrogens is 2. The zero-order chi connectivity index (χ0) is 11.8. The van der Waals surface area contributed by atoms with E-state index in [2.05, 4.69) is 41.3 Å². The van der Waals surface area contributed by atoms with Gasteiger partial charge in [-0.25, -0.2) is 4.98 Å². The van der Waals surface area contributed by atoms with Gasteiger partial charge < -0.3 is 10.3 Å². The average molecular weight is 229 g/mol. The molecule has 0 radical (unpaired) electrons. The standard InChI is InChI=1S/C14H19N3/c1-9-7-10(2)14-12(8-9)16-13(17-14)5-6-15-11-3-4-11/h7-8,11,15H,3-6H2,1-2H3,(H,16,17). The van der Waals surface area contributed by atoms with Crippen LogP contribution in [-0.2, 0) is 6.42 Å². The third-order valence-electron chi connectivity index (χ3n) is 3.34. The summed E-state index contributed by atoms with van der Waals surface area (Å²) in [7, 11) is 0. The van der Waals surface area contributed by atoms with Crippen molar-refractivity contribution in [2.75, 3.05) is 6.54 Å². The van der Waals surface area contributed by atoms with Crippen molar-refractivity contribution in [3.63, 3.8) is 0 Å². The summed E-state index contributed by atoms with van der Waals surface area (Å²) in [4.78, 5) is 8.10. The Hall–Kier alpha value is -1.35. The summed E-state index contributed by atoms with van der Waals surface area (Å²) in [5.74, 6) is 1.10. The molecule has 17 heavy (non-hydrogen) atoms. The minimum atomic E-state index is 0.781. The zero-order valence-electron chi connectivity index (χ0n) is 10.5. The van der Waals surface area contributed by atoms with Crippen LogP contribution in [0.4, 0.5) is 0 Å². The number of rotatable bonds is 4. The van der Waals surface area contributed by atoms with Crippen LogP contribution in [0.3, 0.4) is 0 Å². The lowest BCUT2D eigenvalue weighted by atomic mass is 10.1. The Morgan fingerprint density at radius 2 is 2.18 bits per heavy atom. The van der Waals surface area contributed by atoms with Crippen molar-refractivity contribution in [2.45, 2.75) is 39.2 Å². The predicted molar refractivity (Wildman–Crippen MR) is 70.3 cm³/mol. The summed E-state index contributed by atoms with van der Waals surface area (Å²) in [5, 5.41) is 3.52. The second kappa shape index (κ2) is 4.15. The first-order chi connectivity index (χ1) is 8.22. The highest BCUT2D eigenvalue weighted by molar-refractivity contribution is 5.79. The lowest BCUT2D eigenvalue weighted by Gasteiger charge is -1.98. The van der Waals surface area contributed by atoms with E-state index in [-0.39, 0.29) is 0 Å². The maximum Gasteiger partial charge on any atom is 0.108 e. The smallest absolute Gasteiger partial charge is 0.108 e. The van der Waals surface area contributed by atoms with Crippen LogP contribution in [0.15, 0.2) is 12.1 Å². The van der Waals surface area contributed by atoms with Crippen molar-refractivity contribution in [3.05, 3.63) is 29.1 Å². The van der Waals surface area contributed by atoms with E-state index in [9.17, 15) is 0 Å². The average Bonchev–Trinajstić information content (AvgIpc) is 2.98. The molecule has 3 heteroatoms. The van der Waals surface area contributed by atoms with Gasteiger partial charge in [0.1, 0.15) is 5.82 Å². The molecule has 0 unspecified atom stereocenters. The molecule has 2 aromatic rings. The Kier molecular flexibility index (Phi) is 2.63. The van der Waals surface area contributed by atoms with E-state index in [1.807, 2.05) is 0 Å². The van der Waals surface area contributed by atoms with Crippen LogP contribution >= 0.6 is 0 Å². The molecule has 3 rings (SSSR count). The summed E-state index contributed by atoms with van der Waals surface area (Å²) >= 11 is 0. The van der Waals surface area contributed by atoms with Crippen LogP contribution in [0.5, 0.6) is 0 Å². The van der Waals surface area contributed by atoms with Gasteiger partial charge in [-0.05, 0) is 43.9 Å². The minimum absolute atomic E-state index is 0.781. The Morgan fingerprint density at radius 3 is 2.94 bits per heavy atom. The number of hydrogen-bond donors (Lipinski definition) is 2. The molecule has 1 aliphatic carbocycles. The maximum atomic E-state index is 4.68. The van der Waals surface area contributed by atoms with E-state index in [1.165, 1.54) is 29.5 Å². The molecule has 1 heterocycles. The number of nitrogens with one attached hydrogen (secondary N) is 2. The van der Waals surface area contributed by atoms with Gasteiger partial charge in [-0.15, -0.1) is 0 Å². The van der Waals surface area contributed by atoms with E-state index in [4.69, 9.17) is 0 Å². The first-order valence-corrected chi connectivity index (χ1v) is 6.41. The second-order valence-electron chi connectivity index (χ2n) is 5.14. The molecule has 90 valence electrons. The van der Waals surface area contributed by atoms with Crippen molar-refractivity contribution in [1.82, 2.24) is 15.3 Å². The number of fused-ring (bicyclic) bond motifs is 1. The Balaban J connectivity index is 1.77. The molecule has 2 N–H and O–H groups in total. The Bertz CT molecular complexity index is 538. The van der Waals surface area contributed by atoms with Gasteiger partial charge in [-0.2, -0.15) is 0 Å². The molecular weight excluding hydrogens is 210 g/mol. The van der Waals surface area contributed by atoms with Crippen LogP contribution in [0, 0.1) is 13.8 Å². The van der Waals surface area contributed by atoms with Crippen molar-refractivity contribution < 1.29 is 0 Å². The lowest BCUT2D eigenvalue weighted by molar-refractivity contribution is 0.670. The van der Waals surface area contributed by atoms with Crippen LogP contribution in [0.2, 0.25) is 0 Å².